The van der Waals surface area contributed by atoms with E-state index in [2.05, 4.69) is 4.98 Å². The molecule has 2 aromatic rings. The molecule has 1 aliphatic rings. The number of fused-ring (bicyclic) bond motifs is 1. The van der Waals surface area contributed by atoms with Crippen molar-refractivity contribution in [3.8, 4) is 0 Å². The normalized spacial score (nSPS) is 20.9. The van der Waals surface area contributed by atoms with Crippen molar-refractivity contribution in [3.63, 3.8) is 0 Å². The van der Waals surface area contributed by atoms with Crippen LogP contribution in [0.3, 0.4) is 0 Å². The zero-order valence-corrected chi connectivity index (χ0v) is 14.3. The number of aromatic nitrogens is 2. The number of aliphatic carboxylic acids is 1. The van der Waals surface area contributed by atoms with Crippen LogP contribution in [0.2, 0.25) is 0 Å². The molecule has 0 radical (unpaired) electrons. The Morgan fingerprint density at radius 1 is 1.33 bits per heavy atom. The van der Waals surface area contributed by atoms with Crippen molar-refractivity contribution < 1.29 is 14.7 Å². The Kier molecular flexibility index (Phi) is 4.07. The van der Waals surface area contributed by atoms with Crippen molar-refractivity contribution in [2.24, 2.45) is 0 Å². The van der Waals surface area contributed by atoms with E-state index >= 15 is 0 Å². The minimum absolute atomic E-state index is 0.122. The average Bonchev–Trinajstić information content (AvgIpc) is 3.10. The van der Waals surface area contributed by atoms with Crippen LogP contribution in [0, 0.1) is 0 Å². The van der Waals surface area contributed by atoms with E-state index in [0.717, 1.165) is 23.3 Å². The Bertz CT molecular complexity index is 796. The molecule has 1 aromatic carbocycles. The highest BCUT2D eigenvalue weighted by atomic mass is 16.4. The van der Waals surface area contributed by atoms with Crippen molar-refractivity contribution in [2.45, 2.75) is 51.6 Å². The van der Waals surface area contributed by atoms with Crippen LogP contribution in [0.1, 0.15) is 45.4 Å². The van der Waals surface area contributed by atoms with Gasteiger partial charge in [0.05, 0.1) is 11.0 Å². The van der Waals surface area contributed by atoms with Gasteiger partial charge in [0.2, 0.25) is 5.91 Å². The first-order valence-electron chi connectivity index (χ1n) is 8.33. The first kappa shape index (κ1) is 16.5. The molecular weight excluding hydrogens is 306 g/mol. The molecule has 1 amide bonds. The van der Waals surface area contributed by atoms with Gasteiger partial charge >= 0.3 is 5.97 Å². The summed E-state index contributed by atoms with van der Waals surface area (Å²) in [5, 5.41) is 9.52. The molecule has 1 fully saturated rings. The van der Waals surface area contributed by atoms with Crippen molar-refractivity contribution in [3.05, 3.63) is 30.1 Å². The number of carbonyl (C=O) groups excluding carboxylic acids is 1. The lowest BCUT2D eigenvalue weighted by atomic mass is 9.99. The molecule has 0 bridgehead atoms. The number of benzene rings is 1. The van der Waals surface area contributed by atoms with Gasteiger partial charge in [0.15, 0.2) is 0 Å². The van der Waals surface area contributed by atoms with Crippen LogP contribution in [0.15, 0.2) is 24.3 Å². The number of carbonyl (C=O) groups is 2. The Morgan fingerprint density at radius 2 is 2.04 bits per heavy atom. The number of carboxylic acid groups (broad SMARTS) is 1. The first-order chi connectivity index (χ1) is 11.3. The third-order valence-corrected chi connectivity index (χ3v) is 4.90. The number of rotatable bonds is 4. The largest absolute Gasteiger partial charge is 0.480 e. The van der Waals surface area contributed by atoms with Gasteiger partial charge in [-0.05, 0) is 31.9 Å². The third-order valence-electron chi connectivity index (χ3n) is 4.90. The van der Waals surface area contributed by atoms with E-state index in [1.807, 2.05) is 42.7 Å². The predicted octanol–water partition coefficient (Wildman–Crippen LogP) is 2.63. The van der Waals surface area contributed by atoms with E-state index in [-0.39, 0.29) is 18.4 Å². The van der Waals surface area contributed by atoms with Crippen LogP contribution in [0.4, 0.5) is 0 Å². The number of imidazole rings is 1. The average molecular weight is 329 g/mol. The second kappa shape index (κ2) is 5.92. The first-order valence-corrected chi connectivity index (χ1v) is 8.33. The summed E-state index contributed by atoms with van der Waals surface area (Å²) >= 11 is 0. The zero-order chi connectivity index (χ0) is 17.5. The zero-order valence-electron chi connectivity index (χ0n) is 14.3. The van der Waals surface area contributed by atoms with Crippen molar-refractivity contribution in [2.75, 3.05) is 6.54 Å². The Morgan fingerprint density at radius 3 is 2.71 bits per heavy atom. The molecule has 2 heterocycles. The van der Waals surface area contributed by atoms with Gasteiger partial charge in [-0.1, -0.05) is 26.0 Å². The van der Waals surface area contributed by atoms with E-state index in [0.29, 0.717) is 13.0 Å². The molecular formula is C18H23N3O3. The highest BCUT2D eigenvalue weighted by Gasteiger charge is 2.45. The summed E-state index contributed by atoms with van der Waals surface area (Å²) in [4.78, 5) is 30.6. The second-order valence-corrected chi connectivity index (χ2v) is 6.93. The topological polar surface area (TPSA) is 75.4 Å². The van der Waals surface area contributed by atoms with Crippen molar-refractivity contribution in [1.82, 2.24) is 14.5 Å². The molecule has 0 unspecified atom stereocenters. The van der Waals surface area contributed by atoms with Gasteiger partial charge in [0.25, 0.3) is 0 Å². The maximum Gasteiger partial charge on any atom is 0.329 e. The summed E-state index contributed by atoms with van der Waals surface area (Å²) in [6.45, 7) is 6.33. The maximum absolute atomic E-state index is 12.9. The molecule has 128 valence electrons. The lowest BCUT2D eigenvalue weighted by Gasteiger charge is -2.31. The van der Waals surface area contributed by atoms with Crippen LogP contribution >= 0.6 is 0 Å². The lowest BCUT2D eigenvalue weighted by molar-refractivity contribution is -0.155. The van der Waals surface area contributed by atoms with Gasteiger partial charge in [-0.15, -0.1) is 0 Å². The highest BCUT2D eigenvalue weighted by molar-refractivity contribution is 5.88. The van der Waals surface area contributed by atoms with Crippen LogP contribution in [0.5, 0.6) is 0 Å². The van der Waals surface area contributed by atoms with E-state index < -0.39 is 11.5 Å². The molecule has 1 atom stereocenters. The number of hydrogen-bond acceptors (Lipinski definition) is 3. The summed E-state index contributed by atoms with van der Waals surface area (Å²) in [6, 6.07) is 7.72. The van der Waals surface area contributed by atoms with E-state index in [1.54, 1.807) is 6.92 Å². The van der Waals surface area contributed by atoms with E-state index in [4.69, 9.17) is 0 Å². The number of carboxylic acids is 1. The number of hydrogen-bond donors (Lipinski definition) is 1. The number of para-hydroxylation sites is 2. The molecule has 6 nitrogen and oxygen atoms in total. The van der Waals surface area contributed by atoms with Gasteiger partial charge < -0.3 is 14.6 Å². The monoisotopic (exact) mass is 329 g/mol. The summed E-state index contributed by atoms with van der Waals surface area (Å²) < 4.78 is 1.92. The Balaban J connectivity index is 1.96. The summed E-state index contributed by atoms with van der Waals surface area (Å²) in [6.07, 6.45) is 1.21. The van der Waals surface area contributed by atoms with Gasteiger partial charge in [-0.2, -0.15) is 0 Å². The molecule has 1 saturated heterocycles. The van der Waals surface area contributed by atoms with E-state index in [9.17, 15) is 14.7 Å². The van der Waals surface area contributed by atoms with Crippen molar-refractivity contribution in [1.29, 1.82) is 0 Å². The predicted molar refractivity (Wildman–Crippen MR) is 90.8 cm³/mol. The molecule has 3 rings (SSSR count). The smallest absolute Gasteiger partial charge is 0.329 e. The Hall–Kier alpha value is -2.37. The quantitative estimate of drug-likeness (QED) is 0.935. The Labute approximate surface area is 141 Å². The fraction of sp³-hybridized carbons (Fsp3) is 0.500. The molecule has 6 heteroatoms. The fourth-order valence-corrected chi connectivity index (χ4v) is 3.51. The standard InChI is InChI=1S/C18H23N3O3/c1-12(2)16-19-13-7-4-5-8-14(13)20(16)11-15(22)21-10-6-9-18(21,3)17(23)24/h4-5,7-8,12H,6,9-11H2,1-3H3,(H,23,24)/t18-/m0/s1. The van der Waals surface area contributed by atoms with Gasteiger partial charge in [0, 0.05) is 12.5 Å². The minimum Gasteiger partial charge on any atom is -0.480 e. The molecule has 0 saturated carbocycles. The second-order valence-electron chi connectivity index (χ2n) is 6.93. The number of nitrogens with zero attached hydrogens (tertiary/aromatic N) is 3. The number of likely N-dealkylation sites (tertiary alicyclic amines) is 1. The maximum atomic E-state index is 12.9. The van der Waals surface area contributed by atoms with Crippen molar-refractivity contribution >= 4 is 22.9 Å². The highest BCUT2D eigenvalue weighted by Crippen LogP contribution is 2.30. The summed E-state index contributed by atoms with van der Waals surface area (Å²) in [5.74, 6) is -0.0780. The molecule has 1 aromatic heterocycles. The van der Waals surface area contributed by atoms with Gasteiger partial charge in [-0.3, -0.25) is 4.79 Å². The third kappa shape index (κ3) is 2.56. The molecule has 1 aliphatic heterocycles. The van der Waals surface area contributed by atoms with E-state index in [1.165, 1.54) is 4.90 Å². The molecule has 1 N–H and O–H groups in total. The van der Waals surface area contributed by atoms with Crippen LogP contribution < -0.4 is 0 Å². The molecule has 0 aliphatic carbocycles. The minimum atomic E-state index is -1.11. The molecule has 24 heavy (non-hydrogen) atoms. The molecule has 0 spiro atoms. The fourth-order valence-electron chi connectivity index (χ4n) is 3.51. The SMILES string of the molecule is CC(C)c1nc2ccccc2n1CC(=O)N1CCC[C@@]1(C)C(=O)O. The van der Waals surface area contributed by atoms with Crippen LogP contribution in [-0.2, 0) is 16.1 Å². The van der Waals surface area contributed by atoms with Crippen LogP contribution in [0.25, 0.3) is 11.0 Å². The summed E-state index contributed by atoms with van der Waals surface area (Å²) in [7, 11) is 0. The van der Waals surface area contributed by atoms with Crippen LogP contribution in [-0.4, -0.2) is 43.5 Å². The lowest BCUT2D eigenvalue weighted by Crippen LogP contribution is -2.51. The van der Waals surface area contributed by atoms with Gasteiger partial charge in [0.1, 0.15) is 17.9 Å². The number of amides is 1. The van der Waals surface area contributed by atoms with Gasteiger partial charge in [-0.25, -0.2) is 9.78 Å². The summed E-state index contributed by atoms with van der Waals surface area (Å²) in [5.41, 5.74) is 0.660.